The van der Waals surface area contributed by atoms with Crippen LogP contribution in [0.1, 0.15) is 27.5 Å². The predicted octanol–water partition coefficient (Wildman–Crippen LogP) is 4.52. The van der Waals surface area contributed by atoms with Crippen LogP contribution in [0.2, 0.25) is 0 Å². The zero-order chi connectivity index (χ0) is 11.4. The monoisotopic (exact) mass is 295 g/mol. The van der Waals surface area contributed by atoms with E-state index < -0.39 is 0 Å². The summed E-state index contributed by atoms with van der Waals surface area (Å²) in [4.78, 5) is 4.90. The molecule has 2 aromatic rings. The van der Waals surface area contributed by atoms with Crippen molar-refractivity contribution in [3.8, 4) is 0 Å². The topological polar surface area (TPSA) is 12.9 Å². The normalized spacial score (nSPS) is 12.6. The van der Waals surface area contributed by atoms with Crippen LogP contribution in [0.4, 0.5) is 0 Å². The van der Waals surface area contributed by atoms with Gasteiger partial charge in [0.2, 0.25) is 0 Å². The maximum absolute atomic E-state index is 4.47. The lowest BCUT2D eigenvalue weighted by Crippen LogP contribution is -1.93. The second-order valence-electron chi connectivity index (χ2n) is 3.80. The van der Waals surface area contributed by atoms with Gasteiger partial charge in [-0.05, 0) is 18.9 Å². The molecule has 84 valence electrons. The van der Waals surface area contributed by atoms with Crippen molar-refractivity contribution in [1.29, 1.82) is 0 Å². The number of hydrogen-bond donors (Lipinski definition) is 0. The minimum absolute atomic E-state index is 0.429. The third kappa shape index (κ3) is 3.16. The van der Waals surface area contributed by atoms with Crippen LogP contribution in [0.5, 0.6) is 0 Å². The smallest absolute Gasteiger partial charge is 0.0928 e. The quantitative estimate of drug-likeness (QED) is 0.756. The molecule has 1 atom stereocenters. The van der Waals surface area contributed by atoms with Crippen molar-refractivity contribution >= 4 is 27.3 Å². The third-order valence-corrected chi connectivity index (χ3v) is 4.45. The van der Waals surface area contributed by atoms with Crippen LogP contribution < -0.4 is 0 Å². The standard InChI is InChI=1S/C13H14BrNS/c1-10-9-16-13(15-10)8-7-12(14)11-5-3-2-4-6-11/h2-6,9,12H,7-8H2,1H3. The average molecular weight is 296 g/mol. The molecule has 0 saturated heterocycles. The molecular formula is C13H14BrNS. The number of alkyl halides is 1. The van der Waals surface area contributed by atoms with E-state index in [9.17, 15) is 0 Å². The van der Waals surface area contributed by atoms with Crippen molar-refractivity contribution in [2.45, 2.75) is 24.6 Å². The van der Waals surface area contributed by atoms with E-state index in [1.807, 2.05) is 13.0 Å². The molecule has 0 saturated carbocycles. The van der Waals surface area contributed by atoms with Gasteiger partial charge in [0.15, 0.2) is 0 Å². The summed E-state index contributed by atoms with van der Waals surface area (Å²) in [6, 6.07) is 10.5. The van der Waals surface area contributed by atoms with Gasteiger partial charge in [0.1, 0.15) is 0 Å². The van der Waals surface area contributed by atoms with Gasteiger partial charge in [-0.2, -0.15) is 0 Å². The van der Waals surface area contributed by atoms with Crippen LogP contribution in [0.3, 0.4) is 0 Å². The van der Waals surface area contributed by atoms with Crippen LogP contribution in [-0.4, -0.2) is 4.98 Å². The maximum Gasteiger partial charge on any atom is 0.0928 e. The molecule has 3 heteroatoms. The minimum Gasteiger partial charge on any atom is -0.247 e. The molecule has 0 radical (unpaired) electrons. The van der Waals surface area contributed by atoms with Crippen LogP contribution in [0.25, 0.3) is 0 Å². The van der Waals surface area contributed by atoms with Gasteiger partial charge < -0.3 is 0 Å². The fourth-order valence-electron chi connectivity index (χ4n) is 1.60. The summed E-state index contributed by atoms with van der Waals surface area (Å²) in [7, 11) is 0. The number of halogens is 1. The summed E-state index contributed by atoms with van der Waals surface area (Å²) >= 11 is 5.48. The van der Waals surface area contributed by atoms with E-state index in [2.05, 4.69) is 50.6 Å². The lowest BCUT2D eigenvalue weighted by molar-refractivity contribution is 0.805. The number of thiazole rings is 1. The Bertz CT molecular complexity index is 438. The molecule has 1 unspecified atom stereocenters. The molecule has 16 heavy (non-hydrogen) atoms. The van der Waals surface area contributed by atoms with Gasteiger partial charge in [-0.1, -0.05) is 46.3 Å². The Hall–Kier alpha value is -0.670. The van der Waals surface area contributed by atoms with E-state index in [0.29, 0.717) is 4.83 Å². The molecule has 0 aliphatic heterocycles. The molecule has 0 bridgehead atoms. The number of nitrogens with zero attached hydrogens (tertiary/aromatic N) is 1. The van der Waals surface area contributed by atoms with E-state index in [4.69, 9.17) is 0 Å². The molecule has 1 nitrogen and oxygen atoms in total. The highest BCUT2D eigenvalue weighted by atomic mass is 79.9. The molecule has 1 aromatic carbocycles. The van der Waals surface area contributed by atoms with Crippen molar-refractivity contribution in [2.24, 2.45) is 0 Å². The Balaban J connectivity index is 1.91. The van der Waals surface area contributed by atoms with Crippen LogP contribution >= 0.6 is 27.3 Å². The van der Waals surface area contributed by atoms with Gasteiger partial charge >= 0.3 is 0 Å². The van der Waals surface area contributed by atoms with Gasteiger partial charge in [-0.3, -0.25) is 0 Å². The Kier molecular flexibility index (Phi) is 4.13. The molecule has 0 fully saturated rings. The predicted molar refractivity (Wildman–Crippen MR) is 73.3 cm³/mol. The summed E-state index contributed by atoms with van der Waals surface area (Å²) in [5.74, 6) is 0. The Morgan fingerprint density at radius 3 is 2.69 bits per heavy atom. The molecule has 0 aliphatic carbocycles. The highest BCUT2D eigenvalue weighted by molar-refractivity contribution is 9.09. The van der Waals surface area contributed by atoms with E-state index in [0.717, 1.165) is 18.5 Å². The maximum atomic E-state index is 4.47. The van der Waals surface area contributed by atoms with E-state index in [1.165, 1.54) is 10.6 Å². The fourth-order valence-corrected chi connectivity index (χ4v) is 2.92. The van der Waals surface area contributed by atoms with Gasteiger partial charge in [0.25, 0.3) is 0 Å². The Morgan fingerprint density at radius 1 is 1.31 bits per heavy atom. The second-order valence-corrected chi connectivity index (χ2v) is 5.85. The molecule has 2 rings (SSSR count). The number of rotatable bonds is 4. The SMILES string of the molecule is Cc1csc(CCC(Br)c2ccccc2)n1. The van der Waals surface area contributed by atoms with Crippen molar-refractivity contribution in [1.82, 2.24) is 4.98 Å². The number of aryl methyl sites for hydroxylation is 2. The highest BCUT2D eigenvalue weighted by Crippen LogP contribution is 2.28. The largest absolute Gasteiger partial charge is 0.247 e. The van der Waals surface area contributed by atoms with Crippen LogP contribution in [0, 0.1) is 6.92 Å². The zero-order valence-electron chi connectivity index (χ0n) is 9.19. The minimum atomic E-state index is 0.429. The van der Waals surface area contributed by atoms with Crippen molar-refractivity contribution in [3.63, 3.8) is 0 Å². The Morgan fingerprint density at radius 2 is 2.06 bits per heavy atom. The summed E-state index contributed by atoms with van der Waals surface area (Å²) in [6.07, 6.45) is 2.14. The van der Waals surface area contributed by atoms with Crippen LogP contribution in [0.15, 0.2) is 35.7 Å². The van der Waals surface area contributed by atoms with Crippen molar-refractivity contribution in [3.05, 3.63) is 52.0 Å². The third-order valence-electron chi connectivity index (χ3n) is 2.44. The zero-order valence-corrected chi connectivity index (χ0v) is 11.6. The molecule has 1 aromatic heterocycles. The molecular weight excluding hydrogens is 282 g/mol. The number of hydrogen-bond acceptors (Lipinski definition) is 2. The first-order valence-corrected chi connectivity index (χ1v) is 7.15. The molecule has 0 aliphatic rings. The van der Waals surface area contributed by atoms with Gasteiger partial charge in [0.05, 0.1) is 5.01 Å². The molecule has 0 spiro atoms. The van der Waals surface area contributed by atoms with Gasteiger partial charge in [-0.25, -0.2) is 4.98 Å². The lowest BCUT2D eigenvalue weighted by Gasteiger charge is -2.08. The first-order valence-electron chi connectivity index (χ1n) is 5.36. The summed E-state index contributed by atoms with van der Waals surface area (Å²) in [6.45, 7) is 2.04. The van der Waals surface area contributed by atoms with Crippen molar-refractivity contribution in [2.75, 3.05) is 0 Å². The van der Waals surface area contributed by atoms with E-state index >= 15 is 0 Å². The highest BCUT2D eigenvalue weighted by Gasteiger charge is 2.08. The molecule has 1 heterocycles. The summed E-state index contributed by atoms with van der Waals surface area (Å²) < 4.78 is 0. The summed E-state index contributed by atoms with van der Waals surface area (Å²) in [5.41, 5.74) is 2.47. The van der Waals surface area contributed by atoms with Gasteiger partial charge in [-0.15, -0.1) is 11.3 Å². The van der Waals surface area contributed by atoms with Crippen LogP contribution in [-0.2, 0) is 6.42 Å². The molecule has 0 amide bonds. The fraction of sp³-hybridized carbons (Fsp3) is 0.308. The number of aromatic nitrogens is 1. The van der Waals surface area contributed by atoms with Gasteiger partial charge in [0, 0.05) is 22.3 Å². The number of benzene rings is 1. The van der Waals surface area contributed by atoms with Crippen molar-refractivity contribution < 1.29 is 0 Å². The lowest BCUT2D eigenvalue weighted by atomic mass is 10.1. The Labute approximate surface area is 109 Å². The first kappa shape index (κ1) is 11.8. The van der Waals surface area contributed by atoms with E-state index in [-0.39, 0.29) is 0 Å². The average Bonchev–Trinajstić information content (AvgIpc) is 2.73. The second kappa shape index (κ2) is 5.60. The molecule has 0 N–H and O–H groups in total. The first-order chi connectivity index (χ1) is 7.75. The summed E-state index contributed by atoms with van der Waals surface area (Å²) in [5, 5.41) is 3.35. The van der Waals surface area contributed by atoms with E-state index in [1.54, 1.807) is 11.3 Å².